The molecule has 0 aliphatic carbocycles. The highest BCUT2D eigenvalue weighted by atomic mass is 32.2. The molecular weight excluding hydrogens is 296 g/mol. The van der Waals surface area contributed by atoms with Crippen LogP contribution in [0.2, 0.25) is 0 Å². The number of rotatable bonds is 10. The zero-order chi connectivity index (χ0) is 16.5. The topological polar surface area (TPSA) is 116 Å². The van der Waals surface area contributed by atoms with Crippen molar-refractivity contribution in [3.8, 4) is 0 Å². The summed E-state index contributed by atoms with van der Waals surface area (Å²) in [4.78, 5) is 33.2. The van der Waals surface area contributed by atoms with Crippen molar-refractivity contribution in [2.75, 3.05) is 12.8 Å². The Morgan fingerprint density at radius 3 is 2.14 bits per heavy atom. The van der Waals surface area contributed by atoms with Gasteiger partial charge < -0.3 is 20.8 Å². The van der Waals surface area contributed by atoms with Gasteiger partial charge in [-0.05, 0) is 25.5 Å². The van der Waals surface area contributed by atoms with Crippen LogP contribution in [0.1, 0.15) is 39.5 Å². The van der Waals surface area contributed by atoms with E-state index in [1.807, 2.05) is 20.1 Å². The summed E-state index contributed by atoms with van der Waals surface area (Å²) in [6.45, 7) is 4.50. The largest absolute Gasteiger partial charge is 0.481 e. The Labute approximate surface area is 128 Å². The molecule has 0 radical (unpaired) electrons. The average molecular weight is 320 g/mol. The molecule has 7 nitrogen and oxygen atoms in total. The minimum absolute atomic E-state index is 0.0723. The maximum Gasteiger partial charge on any atom is 0.326 e. The van der Waals surface area contributed by atoms with Crippen LogP contribution in [0, 0.1) is 0 Å². The molecule has 0 fully saturated rings. The maximum absolute atomic E-state index is 11.8. The lowest BCUT2D eigenvalue weighted by Crippen LogP contribution is -2.49. The molecule has 21 heavy (non-hydrogen) atoms. The van der Waals surface area contributed by atoms with Crippen molar-refractivity contribution in [1.29, 1.82) is 0 Å². The molecule has 1 atom stereocenters. The summed E-state index contributed by atoms with van der Waals surface area (Å²) in [5.41, 5.74) is 0. The number of carbonyl (C=O) groups is 3. The van der Waals surface area contributed by atoms with Gasteiger partial charge in [-0.15, -0.1) is 0 Å². The molecule has 0 aromatic carbocycles. The van der Waals surface area contributed by atoms with Crippen molar-refractivity contribution in [3.63, 3.8) is 0 Å². The lowest BCUT2D eigenvalue weighted by molar-refractivity contribution is -0.140. The predicted molar refractivity (Wildman–Crippen MR) is 81.7 cm³/mol. The van der Waals surface area contributed by atoms with Crippen LogP contribution >= 0.6 is 11.8 Å². The van der Waals surface area contributed by atoms with Gasteiger partial charge in [0.25, 0.3) is 0 Å². The van der Waals surface area contributed by atoms with Crippen LogP contribution < -0.4 is 10.6 Å². The van der Waals surface area contributed by atoms with Gasteiger partial charge in [0.2, 0.25) is 0 Å². The Bertz CT molecular complexity index is 363. The lowest BCUT2D eigenvalue weighted by atomic mass is 10.0. The number of carbonyl (C=O) groups excluding carboxylic acids is 1. The Hall–Kier alpha value is -1.44. The Kier molecular flexibility index (Phi) is 8.84. The van der Waals surface area contributed by atoms with Gasteiger partial charge >= 0.3 is 18.0 Å². The molecule has 122 valence electrons. The number of aliphatic carboxylic acids is 2. The number of thioether (sulfide) groups is 1. The fourth-order valence-corrected chi connectivity index (χ4v) is 2.63. The van der Waals surface area contributed by atoms with Gasteiger partial charge in [0.15, 0.2) is 0 Å². The van der Waals surface area contributed by atoms with Crippen LogP contribution in [-0.4, -0.2) is 51.8 Å². The van der Waals surface area contributed by atoms with E-state index in [9.17, 15) is 14.4 Å². The van der Waals surface area contributed by atoms with Crippen molar-refractivity contribution in [3.05, 3.63) is 0 Å². The summed E-state index contributed by atoms with van der Waals surface area (Å²) in [7, 11) is 0. The minimum atomic E-state index is -1.24. The van der Waals surface area contributed by atoms with Gasteiger partial charge in [0.05, 0.1) is 0 Å². The van der Waals surface area contributed by atoms with Crippen LogP contribution in [-0.2, 0) is 9.59 Å². The molecule has 1 unspecified atom stereocenters. The highest BCUT2D eigenvalue weighted by molar-refractivity contribution is 8.00. The monoisotopic (exact) mass is 320 g/mol. The van der Waals surface area contributed by atoms with E-state index < -0.39 is 24.0 Å². The van der Waals surface area contributed by atoms with Crippen molar-refractivity contribution >= 4 is 29.7 Å². The van der Waals surface area contributed by atoms with E-state index in [-0.39, 0.29) is 17.6 Å². The number of hydrogen-bond acceptors (Lipinski definition) is 4. The summed E-state index contributed by atoms with van der Waals surface area (Å²) >= 11 is 1.66. The number of amides is 2. The Balaban J connectivity index is 4.44. The summed E-state index contributed by atoms with van der Waals surface area (Å²) in [6, 6.07) is -1.79. The molecule has 0 aromatic heterocycles. The molecule has 0 rings (SSSR count). The molecule has 0 saturated carbocycles. The summed E-state index contributed by atoms with van der Waals surface area (Å²) in [5, 5.41) is 22.5. The summed E-state index contributed by atoms with van der Waals surface area (Å²) in [6.07, 6.45) is 3.28. The van der Waals surface area contributed by atoms with E-state index in [0.717, 1.165) is 12.8 Å². The highest BCUT2D eigenvalue weighted by Gasteiger charge is 2.26. The van der Waals surface area contributed by atoms with Gasteiger partial charge in [-0.1, -0.05) is 13.8 Å². The average Bonchev–Trinajstić information content (AvgIpc) is 2.45. The molecule has 0 spiro atoms. The lowest BCUT2D eigenvalue weighted by Gasteiger charge is -2.30. The first kappa shape index (κ1) is 19.6. The van der Waals surface area contributed by atoms with Gasteiger partial charge in [-0.2, -0.15) is 11.8 Å². The SMILES string of the molecule is CCC(CC)(CNC(=O)NC(CCC(=O)O)C(=O)O)SC. The van der Waals surface area contributed by atoms with Crippen LogP contribution in [0.15, 0.2) is 0 Å². The molecule has 0 aliphatic heterocycles. The fraction of sp³-hybridized carbons (Fsp3) is 0.769. The van der Waals surface area contributed by atoms with Crippen LogP contribution in [0.25, 0.3) is 0 Å². The van der Waals surface area contributed by atoms with Crippen LogP contribution in [0.5, 0.6) is 0 Å². The van der Waals surface area contributed by atoms with E-state index in [0.29, 0.717) is 6.54 Å². The number of hydrogen-bond donors (Lipinski definition) is 4. The molecule has 2 amide bonds. The third kappa shape index (κ3) is 7.22. The van der Waals surface area contributed by atoms with Gasteiger partial charge in [-0.3, -0.25) is 4.79 Å². The van der Waals surface area contributed by atoms with E-state index in [1.165, 1.54) is 0 Å². The fourth-order valence-electron chi connectivity index (χ4n) is 1.84. The van der Waals surface area contributed by atoms with E-state index in [4.69, 9.17) is 10.2 Å². The van der Waals surface area contributed by atoms with E-state index in [1.54, 1.807) is 11.8 Å². The zero-order valence-electron chi connectivity index (χ0n) is 12.6. The Morgan fingerprint density at radius 2 is 1.76 bits per heavy atom. The highest BCUT2D eigenvalue weighted by Crippen LogP contribution is 2.29. The quantitative estimate of drug-likeness (QED) is 0.485. The molecule has 0 aliphatic rings. The summed E-state index contributed by atoms with van der Waals surface area (Å²) < 4.78 is -0.0723. The molecule has 0 bridgehead atoms. The Morgan fingerprint density at radius 1 is 1.19 bits per heavy atom. The first-order valence-corrected chi connectivity index (χ1v) is 8.06. The maximum atomic E-state index is 11.8. The van der Waals surface area contributed by atoms with E-state index >= 15 is 0 Å². The van der Waals surface area contributed by atoms with E-state index in [2.05, 4.69) is 10.6 Å². The van der Waals surface area contributed by atoms with Gasteiger partial charge in [0, 0.05) is 17.7 Å². The second-order valence-corrected chi connectivity index (χ2v) is 6.02. The molecule has 4 N–H and O–H groups in total. The summed E-state index contributed by atoms with van der Waals surface area (Å²) in [5.74, 6) is -2.34. The van der Waals surface area contributed by atoms with Crippen molar-refractivity contribution in [2.45, 2.75) is 50.3 Å². The molecule has 0 heterocycles. The van der Waals surface area contributed by atoms with Crippen molar-refractivity contribution in [2.24, 2.45) is 0 Å². The second kappa shape index (κ2) is 9.49. The van der Waals surface area contributed by atoms with Crippen LogP contribution in [0.3, 0.4) is 0 Å². The first-order valence-electron chi connectivity index (χ1n) is 6.84. The third-order valence-corrected chi connectivity index (χ3v) is 5.13. The number of nitrogens with one attached hydrogen (secondary N) is 2. The number of urea groups is 1. The van der Waals surface area contributed by atoms with Crippen LogP contribution in [0.4, 0.5) is 4.79 Å². The zero-order valence-corrected chi connectivity index (χ0v) is 13.5. The van der Waals surface area contributed by atoms with Crippen molar-refractivity contribution < 1.29 is 24.6 Å². The molecular formula is C13H24N2O5S. The number of carboxylic acid groups (broad SMARTS) is 2. The predicted octanol–water partition coefficient (Wildman–Crippen LogP) is 1.53. The first-order chi connectivity index (χ1) is 9.80. The smallest absolute Gasteiger partial charge is 0.326 e. The van der Waals surface area contributed by atoms with Crippen molar-refractivity contribution in [1.82, 2.24) is 10.6 Å². The third-order valence-electron chi connectivity index (χ3n) is 3.54. The molecule has 0 saturated heterocycles. The standard InChI is InChI=1S/C13H24N2O5S/c1-4-13(5-2,21-3)8-14-12(20)15-9(11(18)19)6-7-10(16)17/h9H,4-8H2,1-3H3,(H,16,17)(H,18,19)(H2,14,15,20). The molecule has 8 heteroatoms. The number of carboxylic acids is 2. The van der Waals surface area contributed by atoms with Gasteiger partial charge in [0.1, 0.15) is 6.04 Å². The van der Waals surface area contributed by atoms with Gasteiger partial charge in [-0.25, -0.2) is 9.59 Å². The minimum Gasteiger partial charge on any atom is -0.481 e. The second-order valence-electron chi connectivity index (χ2n) is 4.74. The normalized spacial score (nSPS) is 12.5. The molecule has 0 aromatic rings.